The van der Waals surface area contributed by atoms with Gasteiger partial charge in [-0.3, -0.25) is 9.69 Å². The Balaban J connectivity index is 1.38. The summed E-state index contributed by atoms with van der Waals surface area (Å²) in [6, 6.07) is 13.2. The smallest absolute Gasteiger partial charge is 0.252 e. The Bertz CT molecular complexity index is 1600. The van der Waals surface area contributed by atoms with Crippen LogP contribution in [0.5, 0.6) is 0 Å². The zero-order valence-corrected chi connectivity index (χ0v) is 21.5. The van der Waals surface area contributed by atoms with Crippen LogP contribution in [-0.2, 0) is 7.05 Å². The quantitative estimate of drug-likeness (QED) is 0.396. The summed E-state index contributed by atoms with van der Waals surface area (Å²) in [7, 11) is 1.71. The van der Waals surface area contributed by atoms with E-state index in [1.165, 1.54) is 12.1 Å². The van der Waals surface area contributed by atoms with Gasteiger partial charge in [0.05, 0.1) is 11.2 Å². The number of aryl methyl sites for hydroxylation is 1. The summed E-state index contributed by atoms with van der Waals surface area (Å²) in [6.07, 6.45) is 2.14. The van der Waals surface area contributed by atoms with E-state index in [9.17, 15) is 14.4 Å². The van der Waals surface area contributed by atoms with Crippen LogP contribution in [0.3, 0.4) is 0 Å². The Kier molecular flexibility index (Phi) is 5.95. The minimum Gasteiger partial charge on any atom is -0.364 e. The number of anilines is 1. The number of nitriles is 1. The zero-order chi connectivity index (χ0) is 26.6. The maximum absolute atomic E-state index is 13.8. The Hall–Kier alpha value is -4.10. The number of aromatic nitrogens is 4. The summed E-state index contributed by atoms with van der Waals surface area (Å²) in [5, 5.41) is 13.7. The summed E-state index contributed by atoms with van der Waals surface area (Å²) in [6.45, 7) is 5.44. The number of nitrogens with zero attached hydrogens (tertiary/aromatic N) is 7. The van der Waals surface area contributed by atoms with Crippen LogP contribution in [0.1, 0.15) is 61.6 Å². The molecule has 1 aliphatic heterocycles. The van der Waals surface area contributed by atoms with Crippen molar-refractivity contribution in [3.63, 3.8) is 0 Å². The van der Waals surface area contributed by atoms with E-state index in [1.54, 1.807) is 41.9 Å². The van der Waals surface area contributed by atoms with Crippen LogP contribution in [0.2, 0.25) is 0 Å². The highest BCUT2D eigenvalue weighted by Crippen LogP contribution is 2.40. The molecule has 0 amide bonds. The molecule has 0 spiro atoms. The van der Waals surface area contributed by atoms with Crippen molar-refractivity contribution in [3.8, 4) is 6.07 Å². The van der Waals surface area contributed by atoms with Gasteiger partial charge in [0, 0.05) is 44.2 Å². The molecular formula is C28H28FN7O2. The van der Waals surface area contributed by atoms with Gasteiger partial charge in [-0.2, -0.15) is 10.2 Å². The number of rotatable bonds is 5. The van der Waals surface area contributed by atoms with Crippen molar-refractivity contribution in [1.29, 1.82) is 5.26 Å². The van der Waals surface area contributed by atoms with Gasteiger partial charge in [0.1, 0.15) is 29.1 Å². The fraction of sp³-hybridized carbons (Fsp3) is 0.393. The summed E-state index contributed by atoms with van der Waals surface area (Å²) in [5.74, 6) is 1.29. The van der Waals surface area contributed by atoms with E-state index < -0.39 is 0 Å². The van der Waals surface area contributed by atoms with Gasteiger partial charge in [-0.15, -0.1) is 0 Å². The molecule has 1 saturated carbocycles. The number of piperazine rings is 1. The van der Waals surface area contributed by atoms with E-state index in [2.05, 4.69) is 39.9 Å². The molecule has 3 atom stereocenters. The lowest BCUT2D eigenvalue weighted by molar-refractivity contribution is 0.110. The lowest BCUT2D eigenvalue weighted by atomic mass is 9.98. The second-order valence-electron chi connectivity index (χ2n) is 10.4. The third kappa shape index (κ3) is 4.23. The molecule has 2 aliphatic rings. The third-order valence-electron chi connectivity index (χ3n) is 7.68. The van der Waals surface area contributed by atoms with Crippen molar-refractivity contribution < 1.29 is 8.91 Å². The van der Waals surface area contributed by atoms with Crippen LogP contribution in [0.4, 0.5) is 10.1 Å². The summed E-state index contributed by atoms with van der Waals surface area (Å²) >= 11 is 0. The van der Waals surface area contributed by atoms with E-state index >= 15 is 0 Å². The fourth-order valence-corrected chi connectivity index (χ4v) is 5.43. The molecule has 4 heterocycles. The van der Waals surface area contributed by atoms with Gasteiger partial charge in [-0.05, 0) is 56.5 Å². The van der Waals surface area contributed by atoms with Crippen molar-refractivity contribution in [1.82, 2.24) is 24.6 Å². The summed E-state index contributed by atoms with van der Waals surface area (Å²) in [5.41, 5.74) is 3.06. The van der Waals surface area contributed by atoms with Crippen LogP contribution in [0.25, 0.3) is 11.0 Å². The predicted molar refractivity (Wildman–Crippen MR) is 139 cm³/mol. The monoisotopic (exact) mass is 513 g/mol. The molecule has 0 N–H and O–H groups in total. The average Bonchev–Trinajstić information content (AvgIpc) is 3.66. The van der Waals surface area contributed by atoms with Gasteiger partial charge in [-0.1, -0.05) is 17.3 Å². The van der Waals surface area contributed by atoms with Gasteiger partial charge in [0.15, 0.2) is 5.82 Å². The van der Waals surface area contributed by atoms with Crippen LogP contribution in [0.15, 0.2) is 51.8 Å². The first kappa shape index (κ1) is 24.2. The molecular weight excluding hydrogens is 485 g/mol. The highest BCUT2D eigenvalue weighted by molar-refractivity contribution is 5.89. The Morgan fingerprint density at radius 2 is 1.84 bits per heavy atom. The number of pyridine rings is 2. The topological polar surface area (TPSA) is 104 Å². The number of halogens is 1. The lowest BCUT2D eigenvalue weighted by Crippen LogP contribution is -2.57. The second kappa shape index (κ2) is 9.33. The molecule has 9 nitrogen and oxygen atoms in total. The van der Waals surface area contributed by atoms with Crippen LogP contribution >= 0.6 is 0 Å². The standard InChI is InChI=1S/C28H28FN7O2/c1-16-15-36(26(18-6-8-20(29)9-7-18)28-32-27(33-38-28)19-4-5-19)17(2)14-35(16)23-12-24(37)34(3)22-11-10-21(13-30)31-25(22)23/h6-12,16-17,19,26H,4-5,14-15H2,1-3H3/t16-,17+,26?/m0/s1. The van der Waals surface area contributed by atoms with Crippen molar-refractivity contribution in [3.05, 3.63) is 81.6 Å². The summed E-state index contributed by atoms with van der Waals surface area (Å²) < 4.78 is 21.1. The molecule has 1 saturated heterocycles. The van der Waals surface area contributed by atoms with Gasteiger partial charge in [-0.25, -0.2) is 9.37 Å². The van der Waals surface area contributed by atoms with E-state index in [0.717, 1.165) is 24.2 Å². The molecule has 10 heteroatoms. The highest BCUT2D eigenvalue weighted by Gasteiger charge is 2.39. The maximum Gasteiger partial charge on any atom is 0.252 e. The second-order valence-corrected chi connectivity index (χ2v) is 10.4. The molecule has 4 aromatic rings. The number of fused-ring (bicyclic) bond motifs is 1. The molecule has 3 aromatic heterocycles. The fourth-order valence-electron chi connectivity index (χ4n) is 5.43. The molecule has 0 bridgehead atoms. The van der Waals surface area contributed by atoms with E-state index in [4.69, 9.17) is 9.51 Å². The van der Waals surface area contributed by atoms with Crippen molar-refractivity contribution in [2.75, 3.05) is 18.0 Å². The molecule has 0 radical (unpaired) electrons. The van der Waals surface area contributed by atoms with Crippen LogP contribution < -0.4 is 10.5 Å². The lowest BCUT2D eigenvalue weighted by Gasteiger charge is -2.47. The minimum absolute atomic E-state index is 0.00999. The molecule has 2 fully saturated rings. The molecule has 38 heavy (non-hydrogen) atoms. The molecule has 1 aromatic carbocycles. The first-order chi connectivity index (χ1) is 18.3. The Labute approximate surface area is 219 Å². The van der Waals surface area contributed by atoms with Crippen LogP contribution in [0, 0.1) is 17.1 Å². The van der Waals surface area contributed by atoms with Gasteiger partial charge in [0.25, 0.3) is 5.56 Å². The zero-order valence-electron chi connectivity index (χ0n) is 21.5. The van der Waals surface area contributed by atoms with Gasteiger partial charge in [0.2, 0.25) is 5.89 Å². The normalized spacial score (nSPS) is 21.0. The maximum atomic E-state index is 13.8. The van der Waals surface area contributed by atoms with Crippen molar-refractivity contribution in [2.45, 2.75) is 50.7 Å². The first-order valence-corrected chi connectivity index (χ1v) is 12.9. The van der Waals surface area contributed by atoms with Crippen molar-refractivity contribution in [2.24, 2.45) is 7.05 Å². The molecule has 6 rings (SSSR count). The van der Waals surface area contributed by atoms with Gasteiger partial charge >= 0.3 is 0 Å². The van der Waals surface area contributed by atoms with E-state index in [-0.39, 0.29) is 29.5 Å². The third-order valence-corrected chi connectivity index (χ3v) is 7.68. The van der Waals surface area contributed by atoms with Gasteiger partial charge < -0.3 is 14.0 Å². The molecule has 1 unspecified atom stereocenters. The van der Waals surface area contributed by atoms with Crippen molar-refractivity contribution >= 4 is 16.7 Å². The average molecular weight is 514 g/mol. The predicted octanol–water partition coefficient (Wildman–Crippen LogP) is 3.89. The largest absolute Gasteiger partial charge is 0.364 e. The van der Waals surface area contributed by atoms with Crippen LogP contribution in [-0.4, -0.2) is 49.8 Å². The number of hydrogen-bond donors (Lipinski definition) is 0. The molecule has 1 aliphatic carbocycles. The SMILES string of the molecule is C[C@@H]1CN(c2cc(=O)n(C)c3ccc(C#N)nc23)[C@@H](C)CN1C(c1ccc(F)cc1)c1nc(C2CC2)no1. The highest BCUT2D eigenvalue weighted by atomic mass is 19.1. The summed E-state index contributed by atoms with van der Waals surface area (Å²) in [4.78, 5) is 26.7. The van der Waals surface area contributed by atoms with E-state index in [1.807, 2.05) is 0 Å². The van der Waals surface area contributed by atoms with E-state index in [0.29, 0.717) is 47.3 Å². The Morgan fingerprint density at radius 3 is 2.55 bits per heavy atom. The number of benzene rings is 1. The minimum atomic E-state index is -0.334. The number of hydrogen-bond acceptors (Lipinski definition) is 8. The molecule has 194 valence electrons. The first-order valence-electron chi connectivity index (χ1n) is 12.9. The Morgan fingerprint density at radius 1 is 1.08 bits per heavy atom.